The second kappa shape index (κ2) is 10.9. The van der Waals surface area contributed by atoms with E-state index in [2.05, 4.69) is 5.16 Å². The number of amidine groups is 1. The van der Waals surface area contributed by atoms with Gasteiger partial charge >= 0.3 is 5.97 Å². The van der Waals surface area contributed by atoms with E-state index in [0.29, 0.717) is 27.3 Å². The highest BCUT2D eigenvalue weighted by Gasteiger charge is 2.33. The van der Waals surface area contributed by atoms with Crippen LogP contribution in [0.2, 0.25) is 15.1 Å². The fraction of sp³-hybridized carbons (Fsp3) is 0.115. The number of hydrogen-bond acceptors (Lipinski definition) is 4. The Kier molecular flexibility index (Phi) is 7.68. The highest BCUT2D eigenvalue weighted by Crippen LogP contribution is 2.37. The predicted octanol–water partition coefficient (Wildman–Crippen LogP) is 7.39. The monoisotopic (exact) mass is 511 g/mol. The van der Waals surface area contributed by atoms with Crippen LogP contribution < -0.4 is 0 Å². The molecule has 0 saturated carbocycles. The molecule has 0 aromatic heterocycles. The maximum absolute atomic E-state index is 12.2. The minimum Gasteiger partial charge on any atom is -0.312 e. The molecule has 0 radical (unpaired) electrons. The minimum atomic E-state index is -0.596. The summed E-state index contributed by atoms with van der Waals surface area (Å²) < 4.78 is 0. The summed E-state index contributed by atoms with van der Waals surface area (Å²) in [5.74, 6) is -0.201. The van der Waals surface area contributed by atoms with Gasteiger partial charge in [-0.2, -0.15) is 5.10 Å². The number of carbonyl (C=O) groups excluding carboxylic acids is 1. The topological polar surface area (TPSA) is 54.3 Å². The fourth-order valence-corrected chi connectivity index (χ4v) is 4.37. The lowest BCUT2D eigenvalue weighted by molar-refractivity contribution is -0.137. The third-order valence-corrected chi connectivity index (χ3v) is 6.12. The van der Waals surface area contributed by atoms with Crippen LogP contribution in [-0.4, -0.2) is 22.5 Å². The molecule has 8 heteroatoms. The van der Waals surface area contributed by atoms with Gasteiger partial charge in [0, 0.05) is 28.1 Å². The van der Waals surface area contributed by atoms with Crippen LogP contribution in [0.25, 0.3) is 6.08 Å². The Hall–Kier alpha value is -3.12. The van der Waals surface area contributed by atoms with Gasteiger partial charge in [-0.05, 0) is 42.3 Å². The molecule has 0 spiro atoms. The van der Waals surface area contributed by atoms with Crippen molar-refractivity contribution in [3.05, 3.63) is 111 Å². The van der Waals surface area contributed by atoms with E-state index in [9.17, 15) is 4.79 Å². The van der Waals surface area contributed by atoms with Gasteiger partial charge in [-0.15, -0.1) is 0 Å². The van der Waals surface area contributed by atoms with Crippen molar-refractivity contribution in [1.82, 2.24) is 5.01 Å². The first-order valence-corrected chi connectivity index (χ1v) is 11.6. The standard InChI is InChI=1S/C26H20Cl3N3O2/c1-17(31-34-26(33)14-11-18-7-3-2-4-8-18)32-25(21-9-5-6-10-22(21)28)16-24(30-32)20-13-12-19(27)15-23(20)29/h2-15,25H,16H2,1H3/b14-11+,31-17+. The summed E-state index contributed by atoms with van der Waals surface area (Å²) in [6.07, 6.45) is 3.51. The molecule has 3 aromatic carbocycles. The lowest BCUT2D eigenvalue weighted by Crippen LogP contribution is -2.25. The molecule has 5 nitrogen and oxygen atoms in total. The molecule has 1 heterocycles. The van der Waals surface area contributed by atoms with E-state index in [1.165, 1.54) is 6.08 Å². The SMILES string of the molecule is C/C(=N\OC(=O)/C=C/c1ccccc1)N1N=C(c2ccc(Cl)cc2Cl)CC1c1ccccc1Cl. The van der Waals surface area contributed by atoms with Gasteiger partial charge in [0.05, 0.1) is 16.8 Å². The zero-order valence-corrected chi connectivity index (χ0v) is 20.4. The molecule has 34 heavy (non-hydrogen) atoms. The van der Waals surface area contributed by atoms with Crippen molar-refractivity contribution in [2.75, 3.05) is 0 Å². The van der Waals surface area contributed by atoms with Crippen molar-refractivity contribution in [1.29, 1.82) is 0 Å². The van der Waals surface area contributed by atoms with E-state index >= 15 is 0 Å². The molecule has 0 amide bonds. The number of benzene rings is 3. The van der Waals surface area contributed by atoms with Crippen LogP contribution in [0.1, 0.15) is 36.1 Å². The number of hydrogen-bond donors (Lipinski definition) is 0. The first-order valence-electron chi connectivity index (χ1n) is 10.5. The van der Waals surface area contributed by atoms with E-state index in [-0.39, 0.29) is 6.04 Å². The number of halogens is 3. The molecule has 0 N–H and O–H groups in total. The normalized spacial score (nSPS) is 16.1. The Balaban J connectivity index is 1.59. The van der Waals surface area contributed by atoms with Gasteiger partial charge in [-0.3, -0.25) is 0 Å². The van der Waals surface area contributed by atoms with E-state index < -0.39 is 5.97 Å². The first kappa shape index (κ1) is 24.0. The molecule has 0 fully saturated rings. The molecule has 172 valence electrons. The Morgan fingerprint density at radius 2 is 1.76 bits per heavy atom. The highest BCUT2D eigenvalue weighted by atomic mass is 35.5. The molecular weight excluding hydrogens is 493 g/mol. The van der Waals surface area contributed by atoms with E-state index in [4.69, 9.17) is 44.7 Å². The molecule has 1 unspecified atom stereocenters. The Labute approximate surface area is 212 Å². The summed E-state index contributed by atoms with van der Waals surface area (Å²) in [4.78, 5) is 17.3. The Morgan fingerprint density at radius 1 is 1.03 bits per heavy atom. The molecule has 1 aliphatic heterocycles. The smallest absolute Gasteiger partial charge is 0.312 e. The van der Waals surface area contributed by atoms with E-state index in [0.717, 1.165) is 22.4 Å². The zero-order chi connectivity index (χ0) is 24.1. The number of oxime groups is 1. The average Bonchev–Trinajstić information content (AvgIpc) is 3.27. The summed E-state index contributed by atoms with van der Waals surface area (Å²) in [5, 5.41) is 12.1. The van der Waals surface area contributed by atoms with Gasteiger partial charge in [0.2, 0.25) is 0 Å². The summed E-state index contributed by atoms with van der Waals surface area (Å²) in [6, 6.07) is 22.0. The highest BCUT2D eigenvalue weighted by molar-refractivity contribution is 6.37. The number of carbonyl (C=O) groups is 1. The third kappa shape index (κ3) is 5.68. The summed E-state index contributed by atoms with van der Waals surface area (Å²) in [6.45, 7) is 1.72. The molecule has 1 atom stereocenters. The summed E-state index contributed by atoms with van der Waals surface area (Å²) >= 11 is 19.0. The maximum atomic E-state index is 12.2. The van der Waals surface area contributed by atoms with Crippen molar-refractivity contribution in [3.63, 3.8) is 0 Å². The minimum absolute atomic E-state index is 0.252. The van der Waals surface area contributed by atoms with Crippen molar-refractivity contribution in [2.45, 2.75) is 19.4 Å². The molecule has 3 aromatic rings. The van der Waals surface area contributed by atoms with Gasteiger partial charge in [-0.25, -0.2) is 9.80 Å². The molecular formula is C26H20Cl3N3O2. The van der Waals surface area contributed by atoms with Gasteiger partial charge in [-0.1, -0.05) is 94.6 Å². The largest absolute Gasteiger partial charge is 0.358 e. The van der Waals surface area contributed by atoms with Gasteiger partial charge in [0.25, 0.3) is 0 Å². The van der Waals surface area contributed by atoms with Crippen molar-refractivity contribution >= 4 is 58.4 Å². The van der Waals surface area contributed by atoms with Gasteiger partial charge in [0.15, 0.2) is 5.84 Å². The Morgan fingerprint density at radius 3 is 2.50 bits per heavy atom. The number of nitrogens with zero attached hydrogens (tertiary/aromatic N) is 3. The van der Waals surface area contributed by atoms with Crippen molar-refractivity contribution in [3.8, 4) is 0 Å². The van der Waals surface area contributed by atoms with Gasteiger partial charge < -0.3 is 4.84 Å². The quantitative estimate of drug-likeness (QED) is 0.118. The second-order valence-corrected chi connectivity index (χ2v) is 8.80. The second-order valence-electron chi connectivity index (χ2n) is 7.55. The number of rotatable bonds is 5. The van der Waals surface area contributed by atoms with Crippen LogP contribution in [0.4, 0.5) is 0 Å². The summed E-state index contributed by atoms with van der Waals surface area (Å²) in [5.41, 5.74) is 3.27. The molecule has 0 aliphatic carbocycles. The number of hydrazone groups is 1. The van der Waals surface area contributed by atoms with Crippen LogP contribution in [0, 0.1) is 0 Å². The lowest BCUT2D eigenvalue weighted by atomic mass is 9.98. The third-order valence-electron chi connectivity index (χ3n) is 5.23. The van der Waals surface area contributed by atoms with E-state index in [1.807, 2.05) is 60.7 Å². The van der Waals surface area contributed by atoms with Crippen LogP contribution in [-0.2, 0) is 9.63 Å². The summed E-state index contributed by atoms with van der Waals surface area (Å²) in [7, 11) is 0. The lowest BCUT2D eigenvalue weighted by Gasteiger charge is -2.23. The molecule has 0 saturated heterocycles. The van der Waals surface area contributed by atoms with Crippen molar-refractivity contribution < 1.29 is 9.63 Å². The van der Waals surface area contributed by atoms with Crippen LogP contribution in [0.5, 0.6) is 0 Å². The van der Waals surface area contributed by atoms with Crippen LogP contribution >= 0.6 is 34.8 Å². The molecule has 1 aliphatic rings. The Bertz CT molecular complexity index is 1290. The van der Waals surface area contributed by atoms with Gasteiger partial charge in [0.1, 0.15) is 0 Å². The first-order chi connectivity index (χ1) is 16.4. The van der Waals surface area contributed by atoms with Crippen molar-refractivity contribution in [2.24, 2.45) is 10.3 Å². The van der Waals surface area contributed by atoms with E-state index in [1.54, 1.807) is 30.1 Å². The van der Waals surface area contributed by atoms with Crippen LogP contribution in [0.15, 0.2) is 89.1 Å². The average molecular weight is 513 g/mol. The molecule has 4 rings (SSSR count). The predicted molar refractivity (Wildman–Crippen MR) is 138 cm³/mol. The zero-order valence-electron chi connectivity index (χ0n) is 18.2. The van der Waals surface area contributed by atoms with Crippen LogP contribution in [0.3, 0.4) is 0 Å². The fourth-order valence-electron chi connectivity index (χ4n) is 3.59. The molecule has 0 bridgehead atoms. The maximum Gasteiger partial charge on any atom is 0.358 e.